The number of nitrogens with zero attached hydrogens (tertiary/aromatic N) is 5. The van der Waals surface area contributed by atoms with Crippen molar-refractivity contribution in [2.24, 2.45) is 5.92 Å². The quantitative estimate of drug-likeness (QED) is 0.711. The van der Waals surface area contributed by atoms with Crippen LogP contribution in [-0.2, 0) is 15.9 Å². The van der Waals surface area contributed by atoms with Crippen LogP contribution < -0.4 is 5.73 Å². The molecule has 2 aromatic rings. The lowest BCUT2D eigenvalue weighted by molar-refractivity contribution is -0.100. The molecule has 1 aliphatic rings. The van der Waals surface area contributed by atoms with Crippen LogP contribution in [0.15, 0.2) is 18.7 Å². The van der Waals surface area contributed by atoms with Crippen LogP contribution in [0.3, 0.4) is 0 Å². The number of aromatic nitrogens is 4. The number of nitrogen functional groups attached to an aromatic ring is 1. The molecule has 2 heterocycles. The maximum absolute atomic E-state index is 9.26. The van der Waals surface area contributed by atoms with Crippen molar-refractivity contribution < 1.29 is 9.47 Å². The molecule has 0 spiro atoms. The van der Waals surface area contributed by atoms with E-state index in [9.17, 15) is 5.26 Å². The molecule has 1 atom stereocenters. The van der Waals surface area contributed by atoms with Crippen LogP contribution in [0.1, 0.15) is 43.7 Å². The van der Waals surface area contributed by atoms with E-state index in [1.165, 1.54) is 19.2 Å². The zero-order chi connectivity index (χ0) is 19.2. The summed E-state index contributed by atoms with van der Waals surface area (Å²) in [7, 11) is 3.17. The molecule has 0 bridgehead atoms. The summed E-state index contributed by atoms with van der Waals surface area (Å²) in [4.78, 5) is 8.53. The molecule has 0 saturated heterocycles. The number of hydrogen-bond acceptors (Lipinski definition) is 7. The van der Waals surface area contributed by atoms with Gasteiger partial charge < -0.3 is 15.2 Å². The van der Waals surface area contributed by atoms with Crippen LogP contribution in [0.5, 0.6) is 0 Å². The van der Waals surface area contributed by atoms with Crippen molar-refractivity contribution in [1.82, 2.24) is 19.7 Å². The average molecular weight is 370 g/mol. The first kappa shape index (κ1) is 19.3. The van der Waals surface area contributed by atoms with Gasteiger partial charge in [-0.25, -0.2) is 9.97 Å². The summed E-state index contributed by atoms with van der Waals surface area (Å²) >= 11 is 0. The normalized spacial score (nSPS) is 15.9. The second-order valence-corrected chi connectivity index (χ2v) is 6.87. The molecule has 0 radical (unpaired) electrons. The third-order valence-electron chi connectivity index (χ3n) is 5.33. The van der Waals surface area contributed by atoms with Gasteiger partial charge in [0.1, 0.15) is 12.1 Å². The van der Waals surface area contributed by atoms with Gasteiger partial charge in [-0.05, 0) is 18.8 Å². The van der Waals surface area contributed by atoms with E-state index in [2.05, 4.69) is 21.1 Å². The molecule has 1 fully saturated rings. The monoisotopic (exact) mass is 370 g/mol. The first-order valence-electron chi connectivity index (χ1n) is 9.24. The molecule has 1 aliphatic carbocycles. The summed E-state index contributed by atoms with van der Waals surface area (Å²) < 4.78 is 12.5. The lowest BCUT2D eigenvalue weighted by atomic mass is 9.96. The fourth-order valence-electron chi connectivity index (χ4n) is 3.86. The minimum absolute atomic E-state index is 0.0968. The molecule has 0 aromatic carbocycles. The Labute approximate surface area is 159 Å². The number of methoxy groups -OCH3 is 2. The SMILES string of the molecule is COC(Cc1c(N)ncnc1-c1cnn([C@H](CC#N)C2CCCC2)c1)OC. The van der Waals surface area contributed by atoms with Crippen LogP contribution in [0.2, 0.25) is 0 Å². The Morgan fingerprint density at radius 3 is 2.70 bits per heavy atom. The van der Waals surface area contributed by atoms with Crippen molar-refractivity contribution in [1.29, 1.82) is 5.26 Å². The Morgan fingerprint density at radius 2 is 2.04 bits per heavy atom. The Balaban J connectivity index is 1.91. The Kier molecular flexibility index (Phi) is 6.37. The predicted molar refractivity (Wildman–Crippen MR) is 100 cm³/mol. The van der Waals surface area contributed by atoms with Crippen LogP contribution in [0.25, 0.3) is 11.3 Å². The molecule has 0 unspecified atom stereocenters. The van der Waals surface area contributed by atoms with Crippen molar-refractivity contribution in [3.8, 4) is 17.3 Å². The Morgan fingerprint density at radius 1 is 1.30 bits per heavy atom. The number of nitrogens with two attached hydrogens (primary N) is 1. The van der Waals surface area contributed by atoms with E-state index in [1.807, 2.05) is 10.9 Å². The lowest BCUT2D eigenvalue weighted by Gasteiger charge is -2.21. The number of ether oxygens (including phenoxy) is 2. The molecule has 0 amide bonds. The van der Waals surface area contributed by atoms with Gasteiger partial charge in [0.15, 0.2) is 6.29 Å². The molecule has 2 N–H and O–H groups in total. The third-order valence-corrected chi connectivity index (χ3v) is 5.33. The second-order valence-electron chi connectivity index (χ2n) is 6.87. The zero-order valence-electron chi connectivity index (χ0n) is 15.8. The van der Waals surface area contributed by atoms with E-state index in [1.54, 1.807) is 20.4 Å². The molecular weight excluding hydrogens is 344 g/mol. The van der Waals surface area contributed by atoms with Gasteiger partial charge in [-0.15, -0.1) is 0 Å². The topological polar surface area (TPSA) is 112 Å². The maximum Gasteiger partial charge on any atom is 0.161 e. The highest BCUT2D eigenvalue weighted by atomic mass is 16.7. The molecular formula is C19H26N6O2. The van der Waals surface area contributed by atoms with E-state index in [0.29, 0.717) is 24.6 Å². The molecule has 27 heavy (non-hydrogen) atoms. The molecule has 8 heteroatoms. The van der Waals surface area contributed by atoms with Gasteiger partial charge in [0, 0.05) is 38.0 Å². The molecule has 144 valence electrons. The average Bonchev–Trinajstić information content (AvgIpc) is 3.37. The van der Waals surface area contributed by atoms with E-state index in [4.69, 9.17) is 15.2 Å². The van der Waals surface area contributed by atoms with Crippen molar-refractivity contribution in [3.63, 3.8) is 0 Å². The van der Waals surface area contributed by atoms with Crippen LogP contribution in [0, 0.1) is 17.2 Å². The molecule has 1 saturated carbocycles. The van der Waals surface area contributed by atoms with Gasteiger partial charge in [-0.2, -0.15) is 10.4 Å². The molecule has 0 aliphatic heterocycles. The zero-order valence-corrected chi connectivity index (χ0v) is 15.8. The fraction of sp³-hybridized carbons (Fsp3) is 0.579. The van der Waals surface area contributed by atoms with Crippen molar-refractivity contribution in [3.05, 3.63) is 24.3 Å². The highest BCUT2D eigenvalue weighted by Gasteiger charge is 2.27. The molecule has 8 nitrogen and oxygen atoms in total. The van der Waals surface area contributed by atoms with Crippen LogP contribution >= 0.6 is 0 Å². The van der Waals surface area contributed by atoms with Crippen LogP contribution in [0.4, 0.5) is 5.82 Å². The number of hydrogen-bond donors (Lipinski definition) is 1. The smallest absolute Gasteiger partial charge is 0.161 e. The predicted octanol–water partition coefficient (Wildman–Crippen LogP) is 2.73. The number of nitriles is 1. The first-order chi connectivity index (χ1) is 13.2. The van der Waals surface area contributed by atoms with E-state index < -0.39 is 6.29 Å². The van der Waals surface area contributed by atoms with Gasteiger partial charge in [-0.3, -0.25) is 4.68 Å². The Hall–Kier alpha value is -2.50. The van der Waals surface area contributed by atoms with Gasteiger partial charge in [0.25, 0.3) is 0 Å². The van der Waals surface area contributed by atoms with E-state index in [-0.39, 0.29) is 6.04 Å². The molecule has 3 rings (SSSR count). The summed E-state index contributed by atoms with van der Waals surface area (Å²) in [5.41, 5.74) is 8.44. The van der Waals surface area contributed by atoms with Crippen molar-refractivity contribution in [2.75, 3.05) is 20.0 Å². The minimum atomic E-state index is -0.433. The summed E-state index contributed by atoms with van der Waals surface area (Å²) in [5.74, 6) is 0.898. The van der Waals surface area contributed by atoms with Crippen molar-refractivity contribution >= 4 is 5.82 Å². The maximum atomic E-state index is 9.26. The summed E-state index contributed by atoms with van der Waals surface area (Å²) in [6, 6.07) is 2.41. The van der Waals surface area contributed by atoms with Gasteiger partial charge in [0.2, 0.25) is 0 Å². The van der Waals surface area contributed by atoms with E-state index >= 15 is 0 Å². The number of rotatable bonds is 8. The summed E-state index contributed by atoms with van der Waals surface area (Å²) in [5, 5.41) is 13.8. The fourth-order valence-corrected chi connectivity index (χ4v) is 3.86. The summed E-state index contributed by atoms with van der Waals surface area (Å²) in [6.45, 7) is 0. The number of anilines is 1. The first-order valence-corrected chi connectivity index (χ1v) is 9.24. The van der Waals surface area contributed by atoms with Gasteiger partial charge >= 0.3 is 0 Å². The van der Waals surface area contributed by atoms with Crippen molar-refractivity contribution in [2.45, 2.75) is 50.9 Å². The highest BCUT2D eigenvalue weighted by Crippen LogP contribution is 2.36. The Bertz CT molecular complexity index is 790. The van der Waals surface area contributed by atoms with Gasteiger partial charge in [0.05, 0.1) is 30.4 Å². The standard InChI is InChI=1S/C19H26N6O2/c1-26-17(27-2)9-15-18(22-12-23-19(15)21)14-10-24-25(11-14)16(7-8-20)13-5-3-4-6-13/h10-13,16-17H,3-7,9H2,1-2H3,(H2,21,22,23)/t16-/m1/s1. The van der Waals surface area contributed by atoms with Gasteiger partial charge in [-0.1, -0.05) is 12.8 Å². The molecule has 2 aromatic heterocycles. The second kappa shape index (κ2) is 8.93. The summed E-state index contributed by atoms with van der Waals surface area (Å²) in [6.07, 6.45) is 10.4. The van der Waals surface area contributed by atoms with Crippen LogP contribution in [-0.4, -0.2) is 40.3 Å². The largest absolute Gasteiger partial charge is 0.383 e. The third kappa shape index (κ3) is 4.26. The highest BCUT2D eigenvalue weighted by molar-refractivity contribution is 5.66. The minimum Gasteiger partial charge on any atom is -0.383 e. The van der Waals surface area contributed by atoms with E-state index in [0.717, 1.165) is 29.7 Å². The lowest BCUT2D eigenvalue weighted by Crippen LogP contribution is -2.18.